The SMILES string of the molecule is C.CC(=O)c1c(N)ncn1Cc1ccc(Cl)cc1.CC(=O)c1c(NC(=O)NC2CC(OCc3ccccc3)C2)ncn1Cc1ccc(Cl)cc1.CC1CC(C(=O)O)C1. The molecule has 7 rings (SSSR count). The number of carbonyl (C=O) groups excluding carboxylic acids is 3. The van der Waals surface area contributed by atoms with Gasteiger partial charge in [0.2, 0.25) is 0 Å². The number of aromatic nitrogens is 4. The van der Waals surface area contributed by atoms with Crippen molar-refractivity contribution in [3.05, 3.63) is 130 Å². The molecule has 0 bridgehead atoms. The zero-order valence-electron chi connectivity index (χ0n) is 32.0. The third kappa shape index (κ3) is 13.0. The summed E-state index contributed by atoms with van der Waals surface area (Å²) in [6.45, 7) is 6.59. The summed E-state index contributed by atoms with van der Waals surface area (Å²) in [5.74, 6) is 0.259. The first-order valence-electron chi connectivity index (χ1n) is 18.6. The van der Waals surface area contributed by atoms with Crippen LogP contribution in [0.4, 0.5) is 16.4 Å². The van der Waals surface area contributed by atoms with Crippen molar-refractivity contribution >= 4 is 58.4 Å². The van der Waals surface area contributed by atoms with Crippen molar-refractivity contribution < 1.29 is 29.0 Å². The lowest BCUT2D eigenvalue weighted by atomic mass is 9.76. The summed E-state index contributed by atoms with van der Waals surface area (Å²) in [6.07, 6.45) is 6.53. The standard InChI is InChI=1S/C24H25ClN4O3.C12H12ClN3O.C6H10O2.CH4/c1-16(30)22-23(26-15-29(22)13-17-7-9-19(25)10-8-17)28-24(31)27-20-11-21(12-20)32-14-18-5-3-2-4-6-18;1-8(17)11-12(14)15-7-16(11)6-9-2-4-10(13)5-3-9;1-4-2-5(3-4)6(7)8;/h2-10,15,20-21H,11-14H2,1H3,(H2,27,28,31);2-5,7H,6,14H2,1H3;4-5H,2-3H2,1H3,(H,7,8);1H4. The Balaban J connectivity index is 0.000000237. The Morgan fingerprint density at radius 2 is 1.29 bits per heavy atom. The molecule has 3 aromatic carbocycles. The maximum atomic E-state index is 12.4. The van der Waals surface area contributed by atoms with Crippen LogP contribution >= 0.6 is 23.2 Å². The Hall–Kier alpha value is -5.50. The third-order valence-corrected chi connectivity index (χ3v) is 10.1. The van der Waals surface area contributed by atoms with Gasteiger partial charge < -0.3 is 30.0 Å². The number of aliphatic carboxylic acids is 1. The first-order valence-corrected chi connectivity index (χ1v) is 19.3. The van der Waals surface area contributed by atoms with Gasteiger partial charge in [-0.25, -0.2) is 14.8 Å². The number of nitrogens with one attached hydrogen (secondary N) is 2. The van der Waals surface area contributed by atoms with E-state index in [1.807, 2.05) is 66.7 Å². The van der Waals surface area contributed by atoms with Gasteiger partial charge in [0.05, 0.1) is 31.3 Å². The number of nitrogen functional groups attached to an aromatic ring is 1. The van der Waals surface area contributed by atoms with Crippen molar-refractivity contribution in [1.82, 2.24) is 24.4 Å². The molecule has 2 aromatic heterocycles. The van der Waals surface area contributed by atoms with Crippen LogP contribution in [0.3, 0.4) is 0 Å². The van der Waals surface area contributed by atoms with Crippen LogP contribution in [-0.2, 0) is 29.2 Å². The van der Waals surface area contributed by atoms with E-state index in [0.29, 0.717) is 47.0 Å². The molecule has 2 fully saturated rings. The van der Waals surface area contributed by atoms with E-state index in [1.165, 1.54) is 13.8 Å². The molecule has 5 N–H and O–H groups in total. The van der Waals surface area contributed by atoms with Crippen LogP contribution in [-0.4, -0.2) is 59.9 Å². The third-order valence-electron chi connectivity index (χ3n) is 9.62. The van der Waals surface area contributed by atoms with Gasteiger partial charge in [-0.3, -0.25) is 19.7 Å². The van der Waals surface area contributed by atoms with Gasteiger partial charge in [-0.2, -0.15) is 0 Å². The topological polar surface area (TPSA) is 183 Å². The number of nitrogens with zero attached hydrogens (tertiary/aromatic N) is 4. The molecular weight excluding hydrogens is 781 g/mol. The van der Waals surface area contributed by atoms with Gasteiger partial charge in [0, 0.05) is 43.0 Å². The van der Waals surface area contributed by atoms with E-state index < -0.39 is 5.97 Å². The molecule has 2 aliphatic rings. The summed E-state index contributed by atoms with van der Waals surface area (Å²) < 4.78 is 9.33. The largest absolute Gasteiger partial charge is 0.481 e. The normalized spacial score (nSPS) is 17.7. The monoisotopic (exact) mass is 831 g/mol. The molecule has 15 heteroatoms. The van der Waals surface area contributed by atoms with Gasteiger partial charge in [-0.15, -0.1) is 0 Å². The molecule has 0 radical (unpaired) electrons. The van der Waals surface area contributed by atoms with E-state index in [0.717, 1.165) is 42.4 Å². The van der Waals surface area contributed by atoms with Gasteiger partial charge in [0.15, 0.2) is 23.2 Å². The number of carboxylic acid groups (broad SMARTS) is 1. The molecule has 2 aliphatic carbocycles. The molecule has 0 aliphatic heterocycles. The number of halogens is 2. The van der Waals surface area contributed by atoms with Crippen molar-refractivity contribution in [3.63, 3.8) is 0 Å². The van der Waals surface area contributed by atoms with Crippen LogP contribution in [0.1, 0.15) is 91.5 Å². The molecule has 2 heterocycles. The minimum Gasteiger partial charge on any atom is -0.481 e. The zero-order valence-corrected chi connectivity index (χ0v) is 33.5. The van der Waals surface area contributed by atoms with E-state index >= 15 is 0 Å². The number of amides is 2. The number of nitrogens with two attached hydrogens (primary N) is 1. The number of hydrogen-bond donors (Lipinski definition) is 4. The predicted octanol–water partition coefficient (Wildman–Crippen LogP) is 8.78. The van der Waals surface area contributed by atoms with Gasteiger partial charge in [0.25, 0.3) is 0 Å². The summed E-state index contributed by atoms with van der Waals surface area (Å²) in [5.41, 5.74) is 9.59. The maximum absolute atomic E-state index is 12.4. The molecule has 308 valence electrons. The van der Waals surface area contributed by atoms with E-state index in [9.17, 15) is 19.2 Å². The molecule has 0 saturated heterocycles. The van der Waals surface area contributed by atoms with Crippen molar-refractivity contribution in [2.24, 2.45) is 11.8 Å². The lowest BCUT2D eigenvalue weighted by Gasteiger charge is -2.35. The van der Waals surface area contributed by atoms with Crippen LogP contribution < -0.4 is 16.4 Å². The molecule has 2 amide bonds. The van der Waals surface area contributed by atoms with Crippen molar-refractivity contribution in [1.29, 1.82) is 0 Å². The van der Waals surface area contributed by atoms with Crippen LogP contribution in [0.5, 0.6) is 0 Å². The van der Waals surface area contributed by atoms with Crippen LogP contribution in [0.2, 0.25) is 10.0 Å². The highest BCUT2D eigenvalue weighted by molar-refractivity contribution is 6.30. The van der Waals surface area contributed by atoms with Gasteiger partial charge >= 0.3 is 12.0 Å². The molecule has 58 heavy (non-hydrogen) atoms. The molecule has 13 nitrogen and oxygen atoms in total. The van der Waals surface area contributed by atoms with E-state index in [2.05, 4.69) is 27.5 Å². The van der Waals surface area contributed by atoms with Crippen molar-refractivity contribution in [2.75, 3.05) is 11.1 Å². The molecule has 0 unspecified atom stereocenters. The Morgan fingerprint density at radius 1 is 0.776 bits per heavy atom. The summed E-state index contributed by atoms with van der Waals surface area (Å²) >= 11 is 11.7. The highest BCUT2D eigenvalue weighted by Crippen LogP contribution is 2.32. The van der Waals surface area contributed by atoms with E-state index in [4.69, 9.17) is 38.8 Å². The van der Waals surface area contributed by atoms with E-state index in [-0.39, 0.29) is 54.7 Å². The Labute approximate surface area is 348 Å². The quantitative estimate of drug-likeness (QED) is 0.0893. The minimum atomic E-state index is -0.622. The molecule has 0 atom stereocenters. The first kappa shape index (κ1) is 45.2. The van der Waals surface area contributed by atoms with Crippen LogP contribution in [0, 0.1) is 11.8 Å². The number of carbonyl (C=O) groups is 4. The summed E-state index contributed by atoms with van der Waals surface area (Å²) in [6, 6.07) is 24.5. The lowest BCUT2D eigenvalue weighted by molar-refractivity contribution is -0.146. The predicted molar refractivity (Wildman–Crippen MR) is 226 cm³/mol. The number of anilines is 2. The Kier molecular flexibility index (Phi) is 16.6. The first-order chi connectivity index (χ1) is 27.2. The van der Waals surface area contributed by atoms with E-state index in [1.54, 1.807) is 33.9 Å². The number of ketones is 2. The lowest BCUT2D eigenvalue weighted by Crippen LogP contribution is -2.49. The Bertz CT molecular complexity index is 2130. The number of imidazole rings is 2. The maximum Gasteiger partial charge on any atom is 0.320 e. The summed E-state index contributed by atoms with van der Waals surface area (Å²) in [7, 11) is 0. The second kappa shape index (κ2) is 21.3. The molecular formula is C43H51Cl2N7O6. The fourth-order valence-electron chi connectivity index (χ4n) is 6.48. The average Bonchev–Trinajstić information content (AvgIpc) is 3.72. The van der Waals surface area contributed by atoms with Crippen LogP contribution in [0.15, 0.2) is 91.5 Å². The van der Waals surface area contributed by atoms with Gasteiger partial charge in [-0.1, -0.05) is 92.1 Å². The number of benzene rings is 3. The van der Waals surface area contributed by atoms with Gasteiger partial charge in [-0.05, 0) is 72.6 Å². The molecule has 5 aromatic rings. The smallest absolute Gasteiger partial charge is 0.320 e. The second-order valence-electron chi connectivity index (χ2n) is 14.3. The zero-order chi connectivity index (χ0) is 41.1. The highest BCUT2D eigenvalue weighted by atomic mass is 35.5. The fourth-order valence-corrected chi connectivity index (χ4v) is 6.73. The minimum absolute atomic E-state index is 0. The summed E-state index contributed by atoms with van der Waals surface area (Å²) in [4.78, 5) is 54.4. The number of Topliss-reactive ketones (excluding diaryl/α,β-unsaturated/α-hetero) is 2. The van der Waals surface area contributed by atoms with Gasteiger partial charge in [0.1, 0.15) is 11.4 Å². The molecule has 0 spiro atoms. The number of hydrogen-bond acceptors (Lipinski definition) is 8. The summed E-state index contributed by atoms with van der Waals surface area (Å²) in [5, 5.41) is 15.3. The Morgan fingerprint density at radius 3 is 1.78 bits per heavy atom. The average molecular weight is 833 g/mol. The van der Waals surface area contributed by atoms with Crippen molar-refractivity contribution in [3.8, 4) is 0 Å². The number of urea groups is 1. The fraction of sp³-hybridized carbons (Fsp3) is 0.349. The van der Waals surface area contributed by atoms with Crippen LogP contribution in [0.25, 0.3) is 0 Å². The highest BCUT2D eigenvalue weighted by Gasteiger charge is 2.32. The number of carboxylic acids is 1. The number of ether oxygens (including phenoxy) is 1. The second-order valence-corrected chi connectivity index (χ2v) is 15.2. The number of rotatable bonds is 12. The van der Waals surface area contributed by atoms with Crippen molar-refractivity contribution in [2.45, 2.75) is 85.7 Å². The molecule has 2 saturated carbocycles.